The fourth-order valence-corrected chi connectivity index (χ4v) is 1.19. The number of hydrogen-bond acceptors (Lipinski definition) is 2. The topological polar surface area (TPSA) is 78.4 Å². The number of hydrogen-bond donors (Lipinski definition) is 3. The molecule has 0 fully saturated rings. The first kappa shape index (κ1) is 14.5. The third kappa shape index (κ3) is 6.86. The largest absolute Gasteiger partial charge is 0.480 e. The highest BCUT2D eigenvalue weighted by Gasteiger charge is 2.17. The summed E-state index contributed by atoms with van der Waals surface area (Å²) in [7, 11) is 0. The summed E-state index contributed by atoms with van der Waals surface area (Å²) in [6.07, 6.45) is 5.74. The minimum atomic E-state index is -0.995. The Morgan fingerprint density at radius 1 is 1.44 bits per heavy atom. The maximum Gasteiger partial charge on any atom is 0.326 e. The van der Waals surface area contributed by atoms with Gasteiger partial charge >= 0.3 is 12.0 Å². The molecule has 92 valence electrons. The molecule has 1 atom stereocenters. The quantitative estimate of drug-likeness (QED) is 0.456. The van der Waals surface area contributed by atoms with E-state index < -0.39 is 18.0 Å². The molecule has 5 nitrogen and oxygen atoms in total. The second kappa shape index (κ2) is 8.76. The van der Waals surface area contributed by atoms with E-state index in [-0.39, 0.29) is 0 Å². The van der Waals surface area contributed by atoms with E-state index in [4.69, 9.17) is 5.11 Å². The van der Waals surface area contributed by atoms with Crippen LogP contribution in [0.4, 0.5) is 4.79 Å². The summed E-state index contributed by atoms with van der Waals surface area (Å²) in [5.41, 5.74) is 0. The van der Waals surface area contributed by atoms with Gasteiger partial charge in [-0.2, -0.15) is 0 Å². The number of nitrogens with one attached hydrogen (secondary N) is 2. The number of carbonyl (C=O) groups excluding carboxylic acids is 1. The molecule has 0 saturated carbocycles. The van der Waals surface area contributed by atoms with Crippen molar-refractivity contribution in [1.29, 1.82) is 0 Å². The monoisotopic (exact) mass is 228 g/mol. The van der Waals surface area contributed by atoms with Crippen LogP contribution in [0.25, 0.3) is 0 Å². The highest BCUT2D eigenvalue weighted by Crippen LogP contribution is 1.96. The van der Waals surface area contributed by atoms with Crippen LogP contribution in [0.2, 0.25) is 0 Å². The number of carbonyl (C=O) groups is 2. The molecule has 0 bridgehead atoms. The van der Waals surface area contributed by atoms with Gasteiger partial charge in [-0.05, 0) is 19.8 Å². The second-order valence-corrected chi connectivity index (χ2v) is 3.44. The lowest BCUT2D eigenvalue weighted by atomic mass is 10.2. The number of allylic oxidation sites excluding steroid dienone is 1. The van der Waals surface area contributed by atoms with Crippen LogP contribution < -0.4 is 10.6 Å². The molecule has 0 aliphatic heterocycles. The fraction of sp³-hybridized carbons (Fsp3) is 0.636. The van der Waals surface area contributed by atoms with Crippen LogP contribution in [0.15, 0.2) is 12.2 Å². The Morgan fingerprint density at radius 2 is 2.12 bits per heavy atom. The van der Waals surface area contributed by atoms with Gasteiger partial charge in [0.2, 0.25) is 0 Å². The van der Waals surface area contributed by atoms with Crippen molar-refractivity contribution >= 4 is 12.0 Å². The summed E-state index contributed by atoms with van der Waals surface area (Å²) in [4.78, 5) is 22.0. The highest BCUT2D eigenvalue weighted by atomic mass is 16.4. The number of amides is 2. The Bertz CT molecular complexity index is 252. The maximum absolute atomic E-state index is 11.3. The average Bonchev–Trinajstić information content (AvgIpc) is 2.23. The third-order valence-electron chi connectivity index (χ3n) is 2.01. The van der Waals surface area contributed by atoms with E-state index in [1.165, 1.54) is 0 Å². The van der Waals surface area contributed by atoms with Gasteiger partial charge in [-0.15, -0.1) is 0 Å². The molecule has 0 unspecified atom stereocenters. The van der Waals surface area contributed by atoms with Crippen molar-refractivity contribution in [3.8, 4) is 0 Å². The summed E-state index contributed by atoms with van der Waals surface area (Å²) in [5, 5.41) is 13.8. The van der Waals surface area contributed by atoms with E-state index in [0.29, 0.717) is 13.0 Å². The summed E-state index contributed by atoms with van der Waals surface area (Å²) < 4.78 is 0. The van der Waals surface area contributed by atoms with Crippen LogP contribution in [0, 0.1) is 0 Å². The molecule has 0 rings (SSSR count). The lowest BCUT2D eigenvalue weighted by molar-refractivity contribution is -0.139. The van der Waals surface area contributed by atoms with Gasteiger partial charge in [-0.25, -0.2) is 9.59 Å². The van der Waals surface area contributed by atoms with Crippen LogP contribution in [0.1, 0.15) is 33.1 Å². The van der Waals surface area contributed by atoms with Gasteiger partial charge in [-0.3, -0.25) is 0 Å². The van der Waals surface area contributed by atoms with E-state index in [2.05, 4.69) is 10.6 Å². The van der Waals surface area contributed by atoms with Crippen LogP contribution in [-0.4, -0.2) is 29.7 Å². The first-order valence-corrected chi connectivity index (χ1v) is 5.50. The predicted octanol–water partition coefficient (Wildman–Crippen LogP) is 1.51. The summed E-state index contributed by atoms with van der Waals surface area (Å²) in [6, 6.07) is -1.22. The fourth-order valence-electron chi connectivity index (χ4n) is 1.19. The zero-order chi connectivity index (χ0) is 12.4. The number of rotatable bonds is 7. The molecule has 3 N–H and O–H groups in total. The molecule has 0 aliphatic carbocycles. The zero-order valence-electron chi connectivity index (χ0n) is 9.82. The van der Waals surface area contributed by atoms with Crippen molar-refractivity contribution in [2.24, 2.45) is 0 Å². The third-order valence-corrected chi connectivity index (χ3v) is 2.01. The Labute approximate surface area is 95.9 Å². The average molecular weight is 228 g/mol. The van der Waals surface area contributed by atoms with Crippen molar-refractivity contribution < 1.29 is 14.7 Å². The molecule has 0 spiro atoms. The molecular formula is C11H20N2O3. The molecule has 0 radical (unpaired) electrons. The Kier molecular flexibility index (Phi) is 7.93. The van der Waals surface area contributed by atoms with Crippen LogP contribution >= 0.6 is 0 Å². The molecule has 5 heteroatoms. The standard InChI is InChI=1S/C11H20N2O3/c1-3-5-6-8-12-11(16)13-9(7-4-2)10(14)15/h3,5,9H,4,6-8H2,1-2H3,(H,14,15)(H2,12,13,16)/b5-3+/t9-/m0/s1. The molecule has 16 heavy (non-hydrogen) atoms. The second-order valence-electron chi connectivity index (χ2n) is 3.44. The van der Waals surface area contributed by atoms with E-state index in [0.717, 1.165) is 12.8 Å². The van der Waals surface area contributed by atoms with Gasteiger partial charge in [0.25, 0.3) is 0 Å². The Morgan fingerprint density at radius 3 is 2.62 bits per heavy atom. The van der Waals surface area contributed by atoms with Crippen LogP contribution in [0.3, 0.4) is 0 Å². The van der Waals surface area contributed by atoms with Crippen LogP contribution in [0.5, 0.6) is 0 Å². The number of aliphatic carboxylic acids is 1. The van der Waals surface area contributed by atoms with Crippen LogP contribution in [-0.2, 0) is 4.79 Å². The molecule has 2 amide bonds. The van der Waals surface area contributed by atoms with Gasteiger partial charge in [0.1, 0.15) is 6.04 Å². The maximum atomic E-state index is 11.3. The van der Waals surface area contributed by atoms with Gasteiger partial charge < -0.3 is 15.7 Å². The minimum absolute atomic E-state index is 0.426. The number of carboxylic acid groups (broad SMARTS) is 1. The zero-order valence-corrected chi connectivity index (χ0v) is 9.82. The van der Waals surface area contributed by atoms with Crippen molar-refractivity contribution in [1.82, 2.24) is 10.6 Å². The molecule has 0 saturated heterocycles. The van der Waals surface area contributed by atoms with Gasteiger partial charge in [0.15, 0.2) is 0 Å². The van der Waals surface area contributed by atoms with Crippen molar-refractivity contribution in [3.63, 3.8) is 0 Å². The summed E-state index contributed by atoms with van der Waals surface area (Å²) in [6.45, 7) is 4.29. The van der Waals surface area contributed by atoms with Gasteiger partial charge in [-0.1, -0.05) is 25.5 Å². The van der Waals surface area contributed by atoms with Gasteiger partial charge in [0.05, 0.1) is 0 Å². The molecule has 0 aromatic heterocycles. The molecule has 0 aromatic carbocycles. The highest BCUT2D eigenvalue weighted by molar-refractivity contribution is 5.82. The first-order chi connectivity index (χ1) is 7.61. The van der Waals surface area contributed by atoms with E-state index in [1.807, 2.05) is 26.0 Å². The number of urea groups is 1. The SMILES string of the molecule is C/C=C/CCNC(=O)N[C@@H](CCC)C(=O)O. The lowest BCUT2D eigenvalue weighted by Gasteiger charge is -2.13. The normalized spacial score (nSPS) is 12.4. The number of carboxylic acids is 1. The Balaban J connectivity index is 3.86. The van der Waals surface area contributed by atoms with E-state index in [9.17, 15) is 9.59 Å². The smallest absolute Gasteiger partial charge is 0.326 e. The summed E-state index contributed by atoms with van der Waals surface area (Å²) in [5.74, 6) is -0.995. The Hall–Kier alpha value is -1.52. The molecule has 0 aliphatic rings. The minimum Gasteiger partial charge on any atom is -0.480 e. The predicted molar refractivity (Wildman–Crippen MR) is 62.3 cm³/mol. The van der Waals surface area contributed by atoms with E-state index in [1.54, 1.807) is 0 Å². The van der Waals surface area contributed by atoms with Crippen molar-refractivity contribution in [3.05, 3.63) is 12.2 Å². The molecule has 0 heterocycles. The lowest BCUT2D eigenvalue weighted by Crippen LogP contribution is -2.46. The first-order valence-electron chi connectivity index (χ1n) is 5.50. The molecular weight excluding hydrogens is 208 g/mol. The van der Waals surface area contributed by atoms with Gasteiger partial charge in [0, 0.05) is 6.54 Å². The van der Waals surface area contributed by atoms with Crippen molar-refractivity contribution in [2.45, 2.75) is 39.2 Å². The van der Waals surface area contributed by atoms with E-state index >= 15 is 0 Å². The van der Waals surface area contributed by atoms with Crippen molar-refractivity contribution in [2.75, 3.05) is 6.54 Å². The summed E-state index contributed by atoms with van der Waals surface area (Å²) >= 11 is 0. The molecule has 0 aromatic rings.